The lowest BCUT2D eigenvalue weighted by Crippen LogP contribution is -1.91. The van der Waals surface area contributed by atoms with Gasteiger partial charge in [0.05, 0.1) is 7.11 Å². The largest absolute Gasteiger partial charge is 0.481 e. The maximum Gasteiger partial charge on any atom is 0.213 e. The van der Waals surface area contributed by atoms with Crippen molar-refractivity contribution in [2.24, 2.45) is 0 Å². The first-order chi connectivity index (χ1) is 8.13. The van der Waals surface area contributed by atoms with E-state index in [1.807, 2.05) is 25.1 Å². The molecular weight excluding hydrogens is 234 g/mol. The van der Waals surface area contributed by atoms with E-state index in [4.69, 9.17) is 4.74 Å². The molecule has 92 valence electrons. The highest BCUT2D eigenvalue weighted by Gasteiger charge is 1.98. The highest BCUT2D eigenvalue weighted by Crippen LogP contribution is 2.14. The number of ether oxygens (including phenoxy) is 1. The van der Waals surface area contributed by atoms with E-state index in [1.54, 1.807) is 14.0 Å². The molecule has 0 N–H and O–H groups in total. The Labute approximate surface area is 106 Å². The fourth-order valence-electron chi connectivity index (χ4n) is 1.32. The summed E-state index contributed by atoms with van der Waals surface area (Å²) in [5, 5.41) is 0.167. The minimum Gasteiger partial charge on any atom is -0.481 e. The Hall–Kier alpha value is -1.29. The second kappa shape index (κ2) is 7.12. The van der Waals surface area contributed by atoms with Crippen molar-refractivity contribution >= 4 is 23.0 Å². The van der Waals surface area contributed by atoms with Crippen LogP contribution in [0.3, 0.4) is 0 Å². The minimum absolute atomic E-state index is 0.167. The van der Waals surface area contributed by atoms with E-state index >= 15 is 0 Å². The Bertz CT molecular complexity index is 416. The van der Waals surface area contributed by atoms with Crippen molar-refractivity contribution in [1.29, 1.82) is 0 Å². The van der Waals surface area contributed by atoms with E-state index in [0.717, 1.165) is 23.4 Å². The molecule has 1 aromatic rings. The molecule has 0 atom stereocenters. The third kappa shape index (κ3) is 5.04. The number of aryl methyl sites for hydroxylation is 1. The Morgan fingerprint density at radius 3 is 2.88 bits per heavy atom. The Morgan fingerprint density at radius 2 is 2.29 bits per heavy atom. The molecule has 1 rings (SSSR count). The Kier molecular flexibility index (Phi) is 5.77. The fourth-order valence-corrected chi connectivity index (χ4v) is 1.86. The zero-order chi connectivity index (χ0) is 12.7. The number of hydrogen-bond donors (Lipinski definition) is 0. The van der Waals surface area contributed by atoms with Crippen molar-refractivity contribution in [2.75, 3.05) is 12.9 Å². The molecule has 0 spiro atoms. The van der Waals surface area contributed by atoms with Gasteiger partial charge in [0.15, 0.2) is 5.12 Å². The van der Waals surface area contributed by atoms with Crippen LogP contribution in [0.15, 0.2) is 18.2 Å². The molecule has 1 heterocycles. The van der Waals surface area contributed by atoms with Gasteiger partial charge in [-0.05, 0) is 25.0 Å². The van der Waals surface area contributed by atoms with Crippen LogP contribution in [0.5, 0.6) is 5.88 Å². The van der Waals surface area contributed by atoms with E-state index in [1.165, 1.54) is 11.8 Å². The quantitative estimate of drug-likeness (QED) is 0.754. The molecule has 0 fully saturated rings. The third-order valence-electron chi connectivity index (χ3n) is 2.20. The molecule has 0 aliphatic carbocycles. The van der Waals surface area contributed by atoms with Gasteiger partial charge in [0, 0.05) is 24.4 Å². The van der Waals surface area contributed by atoms with E-state index < -0.39 is 0 Å². The topological polar surface area (TPSA) is 39.2 Å². The van der Waals surface area contributed by atoms with Gasteiger partial charge in [-0.2, -0.15) is 0 Å². The molecule has 17 heavy (non-hydrogen) atoms. The standard InChI is InChI=1S/C13H17NO2S/c1-10-12(7-8-13(14-10)16-3)6-4-5-9-17-11(2)15/h4,6-8H,5,9H2,1-3H3. The van der Waals surface area contributed by atoms with Gasteiger partial charge in [0.25, 0.3) is 0 Å². The molecule has 0 aliphatic rings. The van der Waals surface area contributed by atoms with Crippen molar-refractivity contribution in [2.45, 2.75) is 20.3 Å². The molecule has 0 bridgehead atoms. The summed E-state index contributed by atoms with van der Waals surface area (Å²) in [6, 6.07) is 3.83. The molecular formula is C13H17NO2S. The van der Waals surface area contributed by atoms with Crippen molar-refractivity contribution < 1.29 is 9.53 Å². The molecule has 1 aromatic heterocycles. The van der Waals surface area contributed by atoms with Crippen LogP contribution < -0.4 is 4.74 Å². The monoisotopic (exact) mass is 251 g/mol. The van der Waals surface area contributed by atoms with Gasteiger partial charge < -0.3 is 4.74 Å². The fraction of sp³-hybridized carbons (Fsp3) is 0.385. The summed E-state index contributed by atoms with van der Waals surface area (Å²) in [5.74, 6) is 1.46. The Morgan fingerprint density at radius 1 is 1.53 bits per heavy atom. The third-order valence-corrected chi connectivity index (χ3v) is 3.04. The number of allylic oxidation sites excluding steroid dienone is 1. The predicted molar refractivity (Wildman–Crippen MR) is 72.3 cm³/mol. The van der Waals surface area contributed by atoms with Gasteiger partial charge in [-0.15, -0.1) is 0 Å². The van der Waals surface area contributed by atoms with Crippen molar-refractivity contribution in [3.8, 4) is 5.88 Å². The second-order valence-electron chi connectivity index (χ2n) is 3.56. The first kappa shape index (κ1) is 13.8. The number of thioether (sulfide) groups is 1. The van der Waals surface area contributed by atoms with Gasteiger partial charge in [-0.25, -0.2) is 4.98 Å². The van der Waals surface area contributed by atoms with Gasteiger partial charge in [0.1, 0.15) is 0 Å². The average molecular weight is 251 g/mol. The number of hydrogen-bond acceptors (Lipinski definition) is 4. The van der Waals surface area contributed by atoms with Crippen LogP contribution in [0, 0.1) is 6.92 Å². The molecule has 0 saturated heterocycles. The molecule has 0 amide bonds. The van der Waals surface area contributed by atoms with Crippen LogP contribution in [0.25, 0.3) is 6.08 Å². The average Bonchev–Trinajstić information content (AvgIpc) is 2.30. The summed E-state index contributed by atoms with van der Waals surface area (Å²) in [6.45, 7) is 3.54. The number of methoxy groups -OCH3 is 1. The summed E-state index contributed by atoms with van der Waals surface area (Å²) in [6.07, 6.45) is 4.98. The molecule has 0 aromatic carbocycles. The minimum atomic E-state index is 0.167. The van der Waals surface area contributed by atoms with Crippen LogP contribution in [0.4, 0.5) is 0 Å². The normalized spacial score (nSPS) is 10.8. The van der Waals surface area contributed by atoms with Crippen molar-refractivity contribution in [1.82, 2.24) is 4.98 Å². The number of nitrogens with zero attached hydrogens (tertiary/aromatic N) is 1. The maximum absolute atomic E-state index is 10.7. The summed E-state index contributed by atoms with van der Waals surface area (Å²) in [4.78, 5) is 15.0. The second-order valence-corrected chi connectivity index (χ2v) is 4.83. The molecule has 0 saturated carbocycles. The van der Waals surface area contributed by atoms with Crippen LogP contribution >= 0.6 is 11.8 Å². The summed E-state index contributed by atoms with van der Waals surface area (Å²) in [5.41, 5.74) is 2.03. The van der Waals surface area contributed by atoms with Gasteiger partial charge in [0.2, 0.25) is 5.88 Å². The molecule has 4 heteroatoms. The molecule has 3 nitrogen and oxygen atoms in total. The first-order valence-electron chi connectivity index (χ1n) is 5.45. The lowest BCUT2D eigenvalue weighted by Gasteiger charge is -2.02. The lowest BCUT2D eigenvalue weighted by molar-refractivity contribution is -0.109. The zero-order valence-electron chi connectivity index (χ0n) is 10.4. The predicted octanol–water partition coefficient (Wildman–Crippen LogP) is 3.08. The number of rotatable bonds is 5. The van der Waals surface area contributed by atoms with Gasteiger partial charge >= 0.3 is 0 Å². The SMILES string of the molecule is COc1ccc(C=CCCSC(C)=O)c(C)n1. The molecule has 0 aliphatic heterocycles. The Balaban J connectivity index is 2.50. The zero-order valence-corrected chi connectivity index (χ0v) is 11.2. The van der Waals surface area contributed by atoms with Crippen molar-refractivity contribution in [3.63, 3.8) is 0 Å². The summed E-state index contributed by atoms with van der Waals surface area (Å²) >= 11 is 1.35. The smallest absolute Gasteiger partial charge is 0.213 e. The van der Waals surface area contributed by atoms with E-state index in [2.05, 4.69) is 11.1 Å². The number of carbonyl (C=O) groups is 1. The highest BCUT2D eigenvalue weighted by molar-refractivity contribution is 8.13. The maximum atomic E-state index is 10.7. The number of aromatic nitrogens is 1. The molecule has 0 radical (unpaired) electrons. The number of pyridine rings is 1. The number of carbonyl (C=O) groups excluding carboxylic acids is 1. The lowest BCUT2D eigenvalue weighted by atomic mass is 10.2. The van der Waals surface area contributed by atoms with Gasteiger partial charge in [-0.1, -0.05) is 23.9 Å². The van der Waals surface area contributed by atoms with E-state index in [9.17, 15) is 4.79 Å². The summed E-state index contributed by atoms with van der Waals surface area (Å²) in [7, 11) is 1.61. The van der Waals surface area contributed by atoms with Crippen molar-refractivity contribution in [3.05, 3.63) is 29.5 Å². The van der Waals surface area contributed by atoms with E-state index in [-0.39, 0.29) is 5.12 Å². The van der Waals surface area contributed by atoms with Crippen LogP contribution in [-0.2, 0) is 4.79 Å². The summed E-state index contributed by atoms with van der Waals surface area (Å²) < 4.78 is 5.04. The van der Waals surface area contributed by atoms with E-state index in [0.29, 0.717) is 5.88 Å². The highest BCUT2D eigenvalue weighted by atomic mass is 32.2. The van der Waals surface area contributed by atoms with Crippen LogP contribution in [0.1, 0.15) is 24.6 Å². The van der Waals surface area contributed by atoms with Crippen LogP contribution in [0.2, 0.25) is 0 Å². The van der Waals surface area contributed by atoms with Gasteiger partial charge in [-0.3, -0.25) is 4.79 Å². The van der Waals surface area contributed by atoms with Crippen LogP contribution in [-0.4, -0.2) is 23.0 Å². The molecule has 0 unspecified atom stereocenters. The first-order valence-corrected chi connectivity index (χ1v) is 6.43.